The second-order valence-electron chi connectivity index (χ2n) is 20.9. The van der Waals surface area contributed by atoms with E-state index in [0.29, 0.717) is 35.5 Å². The number of benzene rings is 2. The predicted molar refractivity (Wildman–Crippen MR) is 304 cm³/mol. The van der Waals surface area contributed by atoms with Crippen molar-refractivity contribution >= 4 is 40.8 Å². The molecule has 2 aromatic carbocycles. The number of nitrogens with zero attached hydrogens (tertiary/aromatic N) is 4. The number of aryl methyl sites for hydroxylation is 6. The van der Waals surface area contributed by atoms with Crippen LogP contribution in [0.5, 0.6) is 11.5 Å². The van der Waals surface area contributed by atoms with Crippen LogP contribution < -0.4 is 9.05 Å². The highest BCUT2D eigenvalue weighted by Gasteiger charge is 2.37. The third-order valence-corrected chi connectivity index (χ3v) is 16.9. The van der Waals surface area contributed by atoms with Crippen LogP contribution >= 0.6 is 16.9 Å². The van der Waals surface area contributed by atoms with Crippen LogP contribution in [0.1, 0.15) is 194 Å². The van der Waals surface area contributed by atoms with Crippen LogP contribution in [-0.2, 0) is 55.5 Å². The standard InChI is InChI=1S/C60H80N4O10P2/c1-19-41-29-61(30-42(41)20-2)75(62-31-43(21-3)45(33-62)55(65)69-23-5)73-53-49(59(13,14)15)27-37(9)39(11)51(53)52-40(12)38(10)28-50(60(16,17)18)54(52)74-76(63-32-44(22-4)46(34-63)56(66)70-24-6)64-35-47(57(67)71-25-7)48(36-64)58(68)72-26-8/h27-36H,19-26H2,1-18H3. The van der Waals surface area contributed by atoms with Crippen molar-refractivity contribution in [3.05, 3.63) is 140 Å². The summed E-state index contributed by atoms with van der Waals surface area (Å²) in [6.45, 7) is 37.4. The Morgan fingerprint density at radius 3 is 0.961 bits per heavy atom. The van der Waals surface area contributed by atoms with Gasteiger partial charge in [0, 0.05) is 71.8 Å². The third kappa shape index (κ3) is 12.2. The smallest absolute Gasteiger partial charge is 0.340 e. The Morgan fingerprint density at radius 2 is 0.671 bits per heavy atom. The van der Waals surface area contributed by atoms with Gasteiger partial charge in [0.05, 0.1) is 48.7 Å². The molecule has 0 radical (unpaired) electrons. The molecule has 4 heterocycles. The molecule has 6 aromatic rings. The average molecular weight is 1080 g/mol. The summed E-state index contributed by atoms with van der Waals surface area (Å²) in [5.74, 6) is -1.03. The van der Waals surface area contributed by atoms with Crippen molar-refractivity contribution in [2.75, 3.05) is 26.4 Å². The third-order valence-electron chi connectivity index (χ3n) is 13.7. The zero-order valence-corrected chi connectivity index (χ0v) is 50.0. The first kappa shape index (κ1) is 59.1. The van der Waals surface area contributed by atoms with Crippen molar-refractivity contribution in [3.8, 4) is 22.6 Å². The molecule has 0 bridgehead atoms. The van der Waals surface area contributed by atoms with Gasteiger partial charge in [0.2, 0.25) is 0 Å². The molecule has 6 rings (SSSR count). The molecule has 0 spiro atoms. The lowest BCUT2D eigenvalue weighted by Gasteiger charge is -2.33. The molecule has 0 aliphatic carbocycles. The first-order chi connectivity index (χ1) is 35.9. The quantitative estimate of drug-likeness (QED) is 0.0388. The summed E-state index contributed by atoms with van der Waals surface area (Å²) < 4.78 is 45.6. The Morgan fingerprint density at radius 1 is 0.408 bits per heavy atom. The second-order valence-corrected chi connectivity index (χ2v) is 24.2. The van der Waals surface area contributed by atoms with Gasteiger partial charge in [0.25, 0.3) is 0 Å². The molecular formula is C60H80N4O10P2. The lowest BCUT2D eigenvalue weighted by molar-refractivity contribution is 0.0480. The number of carbonyl (C=O) groups excluding carboxylic acids is 4. The molecule has 2 unspecified atom stereocenters. The van der Waals surface area contributed by atoms with Crippen molar-refractivity contribution in [2.24, 2.45) is 0 Å². The zero-order valence-electron chi connectivity index (χ0n) is 48.2. The Balaban J connectivity index is 1.78. The fourth-order valence-corrected chi connectivity index (χ4v) is 12.7. The summed E-state index contributed by atoms with van der Waals surface area (Å²) in [7, 11) is -3.95. The fraction of sp³-hybridized carbons (Fsp3) is 0.467. The van der Waals surface area contributed by atoms with Gasteiger partial charge in [-0.15, -0.1) is 0 Å². The van der Waals surface area contributed by atoms with E-state index in [0.717, 1.165) is 68.5 Å². The second kappa shape index (κ2) is 24.5. The first-order valence-corrected chi connectivity index (χ1v) is 29.0. The minimum Gasteiger partial charge on any atom is -0.462 e. The van der Waals surface area contributed by atoms with Gasteiger partial charge in [-0.3, -0.25) is 17.4 Å². The maximum Gasteiger partial charge on any atom is 0.340 e. The lowest BCUT2D eigenvalue weighted by atomic mass is 9.78. The molecule has 76 heavy (non-hydrogen) atoms. The Kier molecular flexibility index (Phi) is 19.1. The van der Waals surface area contributed by atoms with Gasteiger partial charge in [-0.05, 0) is 136 Å². The van der Waals surface area contributed by atoms with Gasteiger partial charge in [-0.25, -0.2) is 19.2 Å². The molecule has 16 heteroatoms. The van der Waals surface area contributed by atoms with E-state index in [4.69, 9.17) is 28.0 Å². The monoisotopic (exact) mass is 1080 g/mol. The summed E-state index contributed by atoms with van der Waals surface area (Å²) in [4.78, 5) is 54.8. The SMILES string of the molecule is CCOC(=O)c1cn(P(Oc2c(C(C)(C)C)cc(C)c(C)c2-c2c(C)c(C)cc(C(C)(C)C)c2OP(n2cc(CC)c(C(=O)OCC)c2)n2cc(C(=O)OCC)c(C(=O)OCC)c2)n2cc(CC)c(CC)c2)cc1CC. The van der Waals surface area contributed by atoms with Crippen molar-refractivity contribution in [1.29, 1.82) is 0 Å². The van der Waals surface area contributed by atoms with Gasteiger partial charge >= 0.3 is 40.8 Å². The Labute approximate surface area is 453 Å². The number of hydrogen-bond donors (Lipinski definition) is 0. The molecule has 410 valence electrons. The molecule has 14 nitrogen and oxygen atoms in total. The molecule has 0 aliphatic heterocycles. The number of esters is 4. The number of ether oxygens (including phenoxy) is 4. The Hall–Kier alpha value is -6.10. The summed E-state index contributed by atoms with van der Waals surface area (Å²) in [6, 6.07) is 4.40. The molecule has 0 N–H and O–H groups in total. The van der Waals surface area contributed by atoms with Crippen LogP contribution in [0.25, 0.3) is 11.1 Å². The molecule has 0 fully saturated rings. The largest absolute Gasteiger partial charge is 0.462 e. The van der Waals surface area contributed by atoms with Gasteiger partial charge in [-0.2, -0.15) is 0 Å². The molecule has 0 aliphatic rings. The summed E-state index contributed by atoms with van der Waals surface area (Å²) in [6.07, 6.45) is 17.7. The van der Waals surface area contributed by atoms with Crippen molar-refractivity contribution in [1.82, 2.24) is 17.4 Å². The minimum absolute atomic E-state index is 0.0134. The fourth-order valence-electron chi connectivity index (χ4n) is 9.33. The van der Waals surface area contributed by atoms with Crippen LogP contribution in [0.4, 0.5) is 0 Å². The van der Waals surface area contributed by atoms with E-state index >= 15 is 0 Å². The van der Waals surface area contributed by atoms with E-state index in [1.54, 1.807) is 43.7 Å². The topological polar surface area (TPSA) is 143 Å². The van der Waals surface area contributed by atoms with E-state index in [2.05, 4.69) is 112 Å². The summed E-state index contributed by atoms with van der Waals surface area (Å²) in [5, 5.41) is 0. The molecule has 2 atom stereocenters. The number of hydrogen-bond acceptors (Lipinski definition) is 10. The zero-order chi connectivity index (χ0) is 56.1. The van der Waals surface area contributed by atoms with Crippen LogP contribution in [0.15, 0.2) is 61.7 Å². The summed E-state index contributed by atoms with van der Waals surface area (Å²) in [5.41, 5.74) is 11.4. The van der Waals surface area contributed by atoms with Crippen LogP contribution in [0, 0.1) is 27.7 Å². The van der Waals surface area contributed by atoms with Crippen LogP contribution in [0.2, 0.25) is 0 Å². The predicted octanol–water partition coefficient (Wildman–Crippen LogP) is 14.7. The van der Waals surface area contributed by atoms with Gasteiger partial charge in [0.1, 0.15) is 11.5 Å². The number of aromatic nitrogens is 4. The van der Waals surface area contributed by atoms with Gasteiger partial charge in [-0.1, -0.05) is 81.4 Å². The highest BCUT2D eigenvalue weighted by molar-refractivity contribution is 7.50. The van der Waals surface area contributed by atoms with E-state index in [-0.39, 0.29) is 43.5 Å². The van der Waals surface area contributed by atoms with E-state index in [1.807, 2.05) is 48.0 Å². The molecule has 0 saturated carbocycles. The van der Waals surface area contributed by atoms with Crippen molar-refractivity contribution in [2.45, 2.75) is 161 Å². The molecule has 0 saturated heterocycles. The van der Waals surface area contributed by atoms with Crippen LogP contribution in [-0.4, -0.2) is 67.7 Å². The van der Waals surface area contributed by atoms with Gasteiger partial charge < -0.3 is 28.0 Å². The maximum absolute atomic E-state index is 13.8. The average Bonchev–Trinajstić information content (AvgIpc) is 4.19. The number of carbonyl (C=O) groups is 4. The van der Waals surface area contributed by atoms with E-state index in [1.165, 1.54) is 11.1 Å². The van der Waals surface area contributed by atoms with Crippen LogP contribution in [0.3, 0.4) is 0 Å². The molecule has 0 amide bonds. The number of rotatable bonds is 21. The highest BCUT2D eigenvalue weighted by atomic mass is 31.2. The van der Waals surface area contributed by atoms with Crippen molar-refractivity contribution in [3.63, 3.8) is 0 Å². The van der Waals surface area contributed by atoms with Crippen molar-refractivity contribution < 1.29 is 47.2 Å². The molecule has 4 aromatic heterocycles. The van der Waals surface area contributed by atoms with E-state index < -0.39 is 45.6 Å². The maximum atomic E-state index is 13.8. The normalized spacial score (nSPS) is 12.6. The Bertz CT molecular complexity index is 3050. The minimum atomic E-state index is -2.16. The molecular weight excluding hydrogens is 999 g/mol. The summed E-state index contributed by atoms with van der Waals surface area (Å²) >= 11 is 0. The first-order valence-electron chi connectivity index (χ1n) is 26.7. The van der Waals surface area contributed by atoms with E-state index in [9.17, 15) is 19.2 Å². The highest BCUT2D eigenvalue weighted by Crippen LogP contribution is 2.57. The van der Waals surface area contributed by atoms with Gasteiger partial charge in [0.15, 0.2) is 0 Å². The lowest BCUT2D eigenvalue weighted by Crippen LogP contribution is -2.18.